The first-order chi connectivity index (χ1) is 24.8. The second-order valence-corrected chi connectivity index (χ2v) is 13.2. The minimum atomic E-state index is -0.637. The molecule has 0 bridgehead atoms. The number of allylic oxidation sites excluding steroid dienone is 10. The fourth-order valence-electron chi connectivity index (χ4n) is 8.61. The van der Waals surface area contributed by atoms with Gasteiger partial charge in [-0.3, -0.25) is 0 Å². The van der Waals surface area contributed by atoms with Gasteiger partial charge < -0.3 is 4.42 Å². The van der Waals surface area contributed by atoms with Gasteiger partial charge in [0, 0.05) is 27.5 Å². The average molecular weight is 638 g/mol. The molecule has 0 saturated carbocycles. The van der Waals surface area contributed by atoms with Crippen LogP contribution < -0.4 is 0 Å². The molecule has 4 heteroatoms. The van der Waals surface area contributed by atoms with E-state index < -0.39 is 5.41 Å². The van der Waals surface area contributed by atoms with Crippen molar-refractivity contribution in [3.05, 3.63) is 191 Å². The third-order valence-corrected chi connectivity index (χ3v) is 10.7. The Kier molecular flexibility index (Phi) is 5.56. The zero-order valence-electron chi connectivity index (χ0n) is 26.8. The van der Waals surface area contributed by atoms with Crippen LogP contribution in [0, 0.1) is 5.41 Å². The molecule has 1 atom stereocenters. The lowest BCUT2D eigenvalue weighted by molar-refractivity contribution is 0.669. The summed E-state index contributed by atoms with van der Waals surface area (Å²) < 4.78 is 6.39. The van der Waals surface area contributed by atoms with Crippen LogP contribution in [-0.2, 0) is 0 Å². The molecule has 50 heavy (non-hydrogen) atoms. The number of benzene rings is 5. The molecule has 232 valence electrons. The number of para-hydroxylation sites is 1. The maximum Gasteiger partial charge on any atom is 0.136 e. The molecule has 0 fully saturated rings. The lowest BCUT2D eigenvalue weighted by Gasteiger charge is -2.42. The summed E-state index contributed by atoms with van der Waals surface area (Å²) in [5.74, 6) is 0. The van der Waals surface area contributed by atoms with Crippen LogP contribution >= 0.6 is 0 Å². The molecule has 0 radical (unpaired) electrons. The van der Waals surface area contributed by atoms with Crippen molar-refractivity contribution in [1.29, 1.82) is 0 Å². The predicted molar refractivity (Wildman–Crippen MR) is 202 cm³/mol. The van der Waals surface area contributed by atoms with Gasteiger partial charge in [0.2, 0.25) is 0 Å². The van der Waals surface area contributed by atoms with Gasteiger partial charge in [0.05, 0.1) is 5.41 Å². The summed E-state index contributed by atoms with van der Waals surface area (Å²) in [7, 11) is 0. The lowest BCUT2D eigenvalue weighted by Crippen LogP contribution is -2.29. The molecule has 0 N–H and O–H groups in total. The van der Waals surface area contributed by atoms with E-state index in [1.54, 1.807) is 0 Å². The summed E-state index contributed by atoms with van der Waals surface area (Å²) >= 11 is 0. The number of furan rings is 1. The van der Waals surface area contributed by atoms with E-state index in [1.165, 1.54) is 44.5 Å². The van der Waals surface area contributed by atoms with Gasteiger partial charge in [-0.25, -0.2) is 0 Å². The highest BCUT2D eigenvalue weighted by atomic mass is 16.3. The van der Waals surface area contributed by atoms with Gasteiger partial charge >= 0.3 is 0 Å². The van der Waals surface area contributed by atoms with E-state index in [9.17, 15) is 0 Å². The van der Waals surface area contributed by atoms with Crippen LogP contribution in [0.4, 0.5) is 0 Å². The number of fused-ring (bicyclic) bond motifs is 11. The number of aromatic nitrogens is 3. The Morgan fingerprint density at radius 2 is 1.14 bits per heavy atom. The molecule has 2 aromatic heterocycles. The van der Waals surface area contributed by atoms with Crippen LogP contribution in [0.1, 0.15) is 27.8 Å². The predicted octanol–water partition coefficient (Wildman–Crippen LogP) is 11.0. The highest BCUT2D eigenvalue weighted by molar-refractivity contribution is 6.16. The van der Waals surface area contributed by atoms with Gasteiger partial charge in [-0.2, -0.15) is 0 Å². The number of nitrogens with zero attached hydrogens (tertiary/aromatic N) is 3. The highest BCUT2D eigenvalue weighted by Gasteiger charge is 2.49. The Morgan fingerprint density at radius 1 is 0.500 bits per heavy atom. The first-order valence-electron chi connectivity index (χ1n) is 17.0. The van der Waals surface area contributed by atoms with Crippen molar-refractivity contribution in [3.63, 3.8) is 0 Å². The third kappa shape index (κ3) is 3.62. The van der Waals surface area contributed by atoms with Crippen molar-refractivity contribution < 1.29 is 4.42 Å². The van der Waals surface area contributed by atoms with Crippen molar-refractivity contribution in [2.45, 2.75) is 0 Å². The Hall–Kier alpha value is -6.65. The van der Waals surface area contributed by atoms with Gasteiger partial charge in [0.25, 0.3) is 0 Å². The maximum absolute atomic E-state index is 6.39. The van der Waals surface area contributed by atoms with Crippen LogP contribution in [-0.4, -0.2) is 15.4 Å². The van der Waals surface area contributed by atoms with Crippen molar-refractivity contribution in [3.8, 4) is 22.5 Å². The maximum atomic E-state index is 6.39. The second-order valence-electron chi connectivity index (χ2n) is 13.2. The summed E-state index contributed by atoms with van der Waals surface area (Å²) in [5.41, 5.74) is 16.6. The van der Waals surface area contributed by atoms with E-state index in [0.717, 1.165) is 55.6 Å². The largest absolute Gasteiger partial charge is 0.456 e. The molecule has 0 saturated heterocycles. The van der Waals surface area contributed by atoms with Crippen molar-refractivity contribution in [2.24, 2.45) is 5.41 Å². The average Bonchev–Trinajstić information content (AvgIpc) is 3.88. The fraction of sp³-hybridized carbons (Fsp3) is 0.0217. The van der Waals surface area contributed by atoms with Crippen LogP contribution in [0.2, 0.25) is 0 Å². The van der Waals surface area contributed by atoms with Crippen LogP contribution in [0.5, 0.6) is 0 Å². The third-order valence-electron chi connectivity index (χ3n) is 10.7. The molecular weight excluding hydrogens is 611 g/mol. The standard InChI is InChI=1S/C46H27N3O/c1-2-12-28(13-3-1)44-43(45(48-49-47-44)36-19-10-22-41-42(36)35-18-8-9-21-40(35)50-41)37-24-23-34-32-17-7-5-15-30(32)27-39(34)46(37)25-11-20-33-31-16-6-4-14-29(31)26-38(33)46/h1-27H. The summed E-state index contributed by atoms with van der Waals surface area (Å²) in [5, 5.41) is 16.3. The van der Waals surface area contributed by atoms with Gasteiger partial charge in [-0.15, -0.1) is 10.2 Å². The van der Waals surface area contributed by atoms with Crippen LogP contribution in [0.15, 0.2) is 167 Å². The molecule has 4 nitrogen and oxygen atoms in total. The lowest BCUT2D eigenvalue weighted by atomic mass is 9.59. The molecule has 0 aliphatic heterocycles. The van der Waals surface area contributed by atoms with Gasteiger partial charge in [0.15, 0.2) is 0 Å². The fourth-order valence-corrected chi connectivity index (χ4v) is 8.61. The highest BCUT2D eigenvalue weighted by Crippen LogP contribution is 2.64. The van der Waals surface area contributed by atoms with Crippen molar-refractivity contribution in [2.75, 3.05) is 0 Å². The molecule has 5 aromatic carbocycles. The Labute approximate surface area is 288 Å². The zero-order valence-corrected chi connectivity index (χ0v) is 26.8. The summed E-state index contributed by atoms with van der Waals surface area (Å²) in [6, 6.07) is 42.2. The van der Waals surface area contributed by atoms with E-state index in [0.29, 0.717) is 0 Å². The van der Waals surface area contributed by atoms with Crippen LogP contribution in [0.25, 0.3) is 73.3 Å². The molecule has 1 spiro atoms. The zero-order chi connectivity index (χ0) is 32.8. The van der Waals surface area contributed by atoms with Crippen molar-refractivity contribution >= 4 is 50.8 Å². The first kappa shape index (κ1) is 27.3. The second kappa shape index (κ2) is 10.2. The quantitative estimate of drug-likeness (QED) is 0.193. The SMILES string of the molecule is C1=CC2(C3=Cc4ccccc4C3=C1)C1=Cc3ccccc3C1=CC=C2c1c(-c2ccccc2)nnnc1-c1cccc2oc3ccccc3c12. The molecular formula is C46H27N3O. The number of hydrogen-bond donors (Lipinski definition) is 0. The molecule has 7 aromatic rings. The van der Waals surface area contributed by atoms with Gasteiger partial charge in [-0.05, 0) is 79.6 Å². The van der Waals surface area contributed by atoms with E-state index in [-0.39, 0.29) is 0 Å². The molecule has 0 amide bonds. The van der Waals surface area contributed by atoms with E-state index in [4.69, 9.17) is 14.6 Å². The Balaban J connectivity index is 1.27. The Bertz CT molecular complexity index is 2790. The topological polar surface area (TPSA) is 51.8 Å². The van der Waals surface area contributed by atoms with Crippen molar-refractivity contribution in [1.82, 2.24) is 15.4 Å². The summed E-state index contributed by atoms with van der Waals surface area (Å²) in [6.07, 6.45) is 16.3. The minimum absolute atomic E-state index is 0.637. The molecule has 11 rings (SSSR count). The molecule has 1 unspecified atom stereocenters. The smallest absolute Gasteiger partial charge is 0.136 e. The molecule has 4 aliphatic rings. The number of rotatable bonds is 3. The number of hydrogen-bond acceptors (Lipinski definition) is 4. The van der Waals surface area contributed by atoms with Gasteiger partial charge in [-0.1, -0.05) is 140 Å². The van der Waals surface area contributed by atoms with Gasteiger partial charge in [0.1, 0.15) is 22.6 Å². The monoisotopic (exact) mass is 637 g/mol. The molecule has 2 heterocycles. The molecule has 4 aliphatic carbocycles. The van der Waals surface area contributed by atoms with E-state index >= 15 is 0 Å². The minimum Gasteiger partial charge on any atom is -0.456 e. The normalized spacial score (nSPS) is 18.2. The van der Waals surface area contributed by atoms with E-state index in [2.05, 4.69) is 139 Å². The van der Waals surface area contributed by atoms with Crippen LogP contribution in [0.3, 0.4) is 0 Å². The summed E-state index contributed by atoms with van der Waals surface area (Å²) in [4.78, 5) is 0. The first-order valence-corrected chi connectivity index (χ1v) is 17.0. The summed E-state index contributed by atoms with van der Waals surface area (Å²) in [6.45, 7) is 0. The Morgan fingerprint density at radius 3 is 1.94 bits per heavy atom. The van der Waals surface area contributed by atoms with E-state index in [1.807, 2.05) is 30.3 Å².